The molecular weight excluding hydrogens is 520 g/mol. The van der Waals surface area contributed by atoms with Crippen LogP contribution in [0.25, 0.3) is 10.9 Å². The number of carbonyl (C=O) groups is 4. The summed E-state index contributed by atoms with van der Waals surface area (Å²) in [5, 5.41) is 18.0. The second-order valence-electron chi connectivity index (χ2n) is 9.14. The maximum atomic E-state index is 12.9. The Morgan fingerprint density at radius 1 is 1.02 bits per heavy atom. The number of amides is 3. The Morgan fingerprint density at radius 3 is 2.50 bits per heavy atom. The Balaban J connectivity index is 1.57. The molecule has 0 saturated heterocycles. The van der Waals surface area contributed by atoms with Crippen LogP contribution in [-0.4, -0.2) is 80.9 Å². The maximum absolute atomic E-state index is 12.9. The molecule has 1 aromatic carbocycles. The molecule has 12 N–H and O–H groups in total. The number of guanidine groups is 1. The number of para-hydroxylation sites is 1. The van der Waals surface area contributed by atoms with Gasteiger partial charge in [-0.25, -0.2) is 9.78 Å². The number of aliphatic imine (C=N–C) groups is 1. The number of H-pyrrole nitrogens is 2. The highest BCUT2D eigenvalue weighted by Gasteiger charge is 2.26. The number of nitrogens with one attached hydrogen (secondary N) is 5. The van der Waals surface area contributed by atoms with Crippen LogP contribution in [0.5, 0.6) is 0 Å². The van der Waals surface area contributed by atoms with E-state index in [0.717, 1.165) is 16.5 Å². The van der Waals surface area contributed by atoms with Crippen LogP contribution in [0, 0.1) is 0 Å². The van der Waals surface area contributed by atoms with E-state index in [9.17, 15) is 24.3 Å². The summed E-state index contributed by atoms with van der Waals surface area (Å²) in [7, 11) is 0. The fourth-order valence-electron chi connectivity index (χ4n) is 4.03. The highest BCUT2D eigenvalue weighted by Crippen LogP contribution is 2.19. The van der Waals surface area contributed by atoms with Crippen molar-refractivity contribution < 1.29 is 24.3 Å². The van der Waals surface area contributed by atoms with E-state index < -0.39 is 48.4 Å². The Hall–Kier alpha value is -4.92. The van der Waals surface area contributed by atoms with Crippen LogP contribution in [0.4, 0.5) is 0 Å². The second kappa shape index (κ2) is 14.3. The predicted molar refractivity (Wildman–Crippen MR) is 147 cm³/mol. The molecule has 0 saturated carbocycles. The van der Waals surface area contributed by atoms with Crippen molar-refractivity contribution in [1.29, 1.82) is 0 Å². The summed E-state index contributed by atoms with van der Waals surface area (Å²) in [5.74, 6) is -3.26. The maximum Gasteiger partial charge on any atom is 0.326 e. The number of imidazole rings is 1. The molecule has 3 aromatic rings. The highest BCUT2D eigenvalue weighted by molar-refractivity contribution is 5.93. The van der Waals surface area contributed by atoms with Crippen LogP contribution in [0.3, 0.4) is 0 Å². The molecule has 0 aliphatic heterocycles. The van der Waals surface area contributed by atoms with E-state index in [4.69, 9.17) is 17.2 Å². The van der Waals surface area contributed by atoms with Gasteiger partial charge in [0.15, 0.2) is 5.96 Å². The molecule has 15 nitrogen and oxygen atoms in total. The molecule has 3 amide bonds. The highest BCUT2D eigenvalue weighted by atomic mass is 16.4. The van der Waals surface area contributed by atoms with Crippen molar-refractivity contribution in [2.24, 2.45) is 22.2 Å². The molecule has 3 atom stereocenters. The van der Waals surface area contributed by atoms with E-state index in [0.29, 0.717) is 12.1 Å². The Bertz CT molecular complexity index is 1330. The molecule has 0 radical (unpaired) electrons. The van der Waals surface area contributed by atoms with E-state index in [1.54, 1.807) is 6.20 Å². The van der Waals surface area contributed by atoms with Crippen molar-refractivity contribution in [2.45, 2.75) is 43.8 Å². The molecule has 15 heteroatoms. The van der Waals surface area contributed by atoms with Crippen molar-refractivity contribution >= 4 is 40.6 Å². The first kappa shape index (κ1) is 29.6. The average Bonchev–Trinajstić information content (AvgIpc) is 3.58. The fraction of sp³-hybridized carbons (Fsp3) is 0.360. The van der Waals surface area contributed by atoms with E-state index in [2.05, 4.69) is 35.9 Å². The summed E-state index contributed by atoms with van der Waals surface area (Å²) >= 11 is 0. The lowest BCUT2D eigenvalue weighted by Gasteiger charge is -2.21. The van der Waals surface area contributed by atoms with Gasteiger partial charge in [-0.3, -0.25) is 19.4 Å². The summed E-state index contributed by atoms with van der Waals surface area (Å²) in [6.07, 6.45) is 5.41. The number of aromatic nitrogens is 3. The number of carboxylic acid groups (broad SMARTS) is 1. The second-order valence-corrected chi connectivity index (χ2v) is 9.14. The van der Waals surface area contributed by atoms with Gasteiger partial charge in [0.2, 0.25) is 17.7 Å². The van der Waals surface area contributed by atoms with Crippen molar-refractivity contribution in [3.63, 3.8) is 0 Å². The number of carbonyl (C=O) groups excluding carboxylic acids is 3. The van der Waals surface area contributed by atoms with Gasteiger partial charge in [0.1, 0.15) is 12.1 Å². The van der Waals surface area contributed by atoms with Gasteiger partial charge in [0.25, 0.3) is 0 Å². The van der Waals surface area contributed by atoms with E-state index >= 15 is 0 Å². The molecule has 3 rings (SSSR count). The fourth-order valence-corrected chi connectivity index (χ4v) is 4.03. The van der Waals surface area contributed by atoms with Crippen molar-refractivity contribution in [2.75, 3.05) is 13.1 Å². The standard InChI is InChI=1S/C25H34N10O5/c26-17(9-15-11-29-13-33-15)22(37)35-19(6-3-7-30-25(27)28)23(38)32-12-21(36)34-20(24(39)40)8-14-10-31-18-5-2-1-4-16(14)18/h1-2,4-5,10-11,13,17,19-20,31H,3,6-9,12,26H2,(H,29,33)(H,32,38)(H,34,36)(H,35,37)(H,39,40)(H4,27,28,30). The third-order valence-electron chi connectivity index (χ3n) is 6.07. The van der Waals surface area contributed by atoms with Gasteiger partial charge in [-0.1, -0.05) is 18.2 Å². The first-order valence-corrected chi connectivity index (χ1v) is 12.6. The Labute approximate surface area is 229 Å². The average molecular weight is 555 g/mol. The zero-order valence-electron chi connectivity index (χ0n) is 21.7. The molecular formula is C25H34N10O5. The topological polar surface area (TPSA) is 259 Å². The number of rotatable bonds is 15. The number of aliphatic carboxylic acids is 1. The van der Waals surface area contributed by atoms with Crippen molar-refractivity contribution in [1.82, 2.24) is 30.9 Å². The Kier molecular flexibility index (Phi) is 10.6. The van der Waals surface area contributed by atoms with Crippen LogP contribution in [0.2, 0.25) is 0 Å². The molecule has 0 fully saturated rings. The lowest BCUT2D eigenvalue weighted by Crippen LogP contribution is -2.54. The molecule has 40 heavy (non-hydrogen) atoms. The quantitative estimate of drug-likeness (QED) is 0.0584. The number of nitrogens with zero attached hydrogens (tertiary/aromatic N) is 2. The zero-order valence-corrected chi connectivity index (χ0v) is 21.7. The van der Waals surface area contributed by atoms with Gasteiger partial charge in [0, 0.05) is 48.4 Å². The normalized spacial score (nSPS) is 13.1. The third kappa shape index (κ3) is 8.83. The summed E-state index contributed by atoms with van der Waals surface area (Å²) < 4.78 is 0. The molecule has 2 heterocycles. The lowest BCUT2D eigenvalue weighted by molar-refractivity contribution is -0.141. The molecule has 3 unspecified atom stereocenters. The number of hydrogen-bond acceptors (Lipinski definition) is 7. The number of benzene rings is 1. The first-order valence-electron chi connectivity index (χ1n) is 12.6. The predicted octanol–water partition coefficient (Wildman–Crippen LogP) is -1.77. The lowest BCUT2D eigenvalue weighted by atomic mass is 10.0. The summed E-state index contributed by atoms with van der Waals surface area (Å²) in [6, 6.07) is 4.18. The van der Waals surface area contributed by atoms with Gasteiger partial charge >= 0.3 is 5.97 Å². The summed E-state index contributed by atoms with van der Waals surface area (Å²) in [4.78, 5) is 63.6. The monoisotopic (exact) mass is 554 g/mol. The Morgan fingerprint density at radius 2 is 1.80 bits per heavy atom. The number of carboxylic acids is 1. The minimum Gasteiger partial charge on any atom is -0.480 e. The largest absolute Gasteiger partial charge is 0.480 e. The van der Waals surface area contributed by atoms with Crippen LogP contribution in [-0.2, 0) is 32.0 Å². The van der Waals surface area contributed by atoms with Gasteiger partial charge in [0.05, 0.1) is 18.9 Å². The molecule has 0 aliphatic carbocycles. The molecule has 0 bridgehead atoms. The first-order chi connectivity index (χ1) is 19.1. The SMILES string of the molecule is NC(N)=NCCCC(NC(=O)C(N)Cc1cnc[nH]1)C(=O)NCC(=O)NC(Cc1c[nH]c2ccccc12)C(=O)O. The summed E-state index contributed by atoms with van der Waals surface area (Å²) in [6.45, 7) is -0.284. The molecule has 2 aromatic heterocycles. The zero-order chi connectivity index (χ0) is 29.1. The number of aromatic amines is 2. The van der Waals surface area contributed by atoms with Crippen LogP contribution in [0.15, 0.2) is 48.0 Å². The van der Waals surface area contributed by atoms with Gasteiger partial charge in [-0.15, -0.1) is 0 Å². The smallest absolute Gasteiger partial charge is 0.326 e. The number of nitrogens with two attached hydrogens (primary N) is 3. The molecule has 214 valence electrons. The summed E-state index contributed by atoms with van der Waals surface area (Å²) in [5.41, 5.74) is 18.9. The minimum absolute atomic E-state index is 0.0384. The van der Waals surface area contributed by atoms with Crippen molar-refractivity contribution in [3.8, 4) is 0 Å². The van der Waals surface area contributed by atoms with Crippen molar-refractivity contribution in [3.05, 3.63) is 54.2 Å². The van der Waals surface area contributed by atoms with Gasteiger partial charge in [-0.2, -0.15) is 0 Å². The molecule has 0 aliphatic rings. The van der Waals surface area contributed by atoms with Crippen LogP contribution < -0.4 is 33.2 Å². The van der Waals surface area contributed by atoms with Gasteiger partial charge < -0.3 is 48.2 Å². The minimum atomic E-state index is -1.22. The van der Waals surface area contributed by atoms with Crippen LogP contribution in [0.1, 0.15) is 24.1 Å². The van der Waals surface area contributed by atoms with E-state index in [1.165, 1.54) is 12.5 Å². The number of hydrogen-bond donors (Lipinski definition) is 9. The number of fused-ring (bicyclic) bond motifs is 1. The third-order valence-corrected chi connectivity index (χ3v) is 6.07. The van der Waals surface area contributed by atoms with E-state index in [1.807, 2.05) is 24.3 Å². The van der Waals surface area contributed by atoms with Crippen LogP contribution >= 0.6 is 0 Å². The van der Waals surface area contributed by atoms with Gasteiger partial charge in [-0.05, 0) is 24.5 Å². The molecule has 0 spiro atoms. The van der Waals surface area contributed by atoms with E-state index in [-0.39, 0.29) is 31.8 Å².